The smallest absolute Gasteiger partial charge is 0.330 e. The molecule has 0 aromatic heterocycles. The zero-order valence-corrected chi connectivity index (χ0v) is 35.9. The van der Waals surface area contributed by atoms with Crippen molar-refractivity contribution in [1.82, 2.24) is 0 Å². The maximum Gasteiger partial charge on any atom is 0.330 e. The molecule has 3 fully saturated rings. The topological polar surface area (TPSA) is 177 Å². The maximum atomic E-state index is 13.5. The molecule has 3 N–H and O–H groups in total. The van der Waals surface area contributed by atoms with E-state index in [-0.39, 0.29) is 56.0 Å². The summed E-state index contributed by atoms with van der Waals surface area (Å²) < 4.78 is 42.0. The van der Waals surface area contributed by atoms with Gasteiger partial charge < -0.3 is 48.5 Å². The molecule has 0 radical (unpaired) electrons. The summed E-state index contributed by atoms with van der Waals surface area (Å²) in [6, 6.07) is 0. The van der Waals surface area contributed by atoms with Crippen LogP contribution in [0.2, 0.25) is 0 Å². The number of carbonyl (C=O) groups excluding carboxylic acids is 3. The van der Waals surface area contributed by atoms with Crippen LogP contribution in [0.3, 0.4) is 0 Å². The van der Waals surface area contributed by atoms with E-state index < -0.39 is 65.9 Å². The van der Waals surface area contributed by atoms with Gasteiger partial charge in [-0.2, -0.15) is 0 Å². The lowest BCUT2D eigenvalue weighted by Gasteiger charge is -2.51. The molecule has 4 aliphatic heterocycles. The Kier molecular flexibility index (Phi) is 20.1. The number of fused-ring (bicyclic) bond motifs is 6. The predicted molar refractivity (Wildman–Crippen MR) is 216 cm³/mol. The van der Waals surface area contributed by atoms with Crippen LogP contribution in [0.15, 0.2) is 23.8 Å². The van der Waals surface area contributed by atoms with Crippen molar-refractivity contribution in [3.8, 4) is 0 Å². The molecule has 0 aromatic rings. The molecular weight excluding hydrogens is 748 g/mol. The number of carbonyl (C=O) groups is 3. The zero-order chi connectivity index (χ0) is 42.1. The van der Waals surface area contributed by atoms with Gasteiger partial charge in [0.05, 0.1) is 56.8 Å². The monoisotopic (exact) mass is 823 g/mol. The summed E-state index contributed by atoms with van der Waals surface area (Å²) >= 11 is 0. The first-order chi connectivity index (χ1) is 27.7. The van der Waals surface area contributed by atoms with E-state index in [4.69, 9.17) is 33.2 Å². The quantitative estimate of drug-likeness (QED) is 0.0504. The average Bonchev–Trinajstić information content (AvgIpc) is 3.17. The van der Waals surface area contributed by atoms with E-state index in [2.05, 4.69) is 6.92 Å². The fourth-order valence-corrected chi connectivity index (χ4v) is 8.57. The maximum absolute atomic E-state index is 13.5. The van der Waals surface area contributed by atoms with Gasteiger partial charge in [-0.3, -0.25) is 9.59 Å². The van der Waals surface area contributed by atoms with E-state index in [1.165, 1.54) is 65.1 Å². The Bertz CT molecular complexity index is 1330. The van der Waals surface area contributed by atoms with Gasteiger partial charge in [0.2, 0.25) is 5.79 Å². The lowest BCUT2D eigenvalue weighted by atomic mass is 9.74. The Morgan fingerprint density at radius 1 is 0.897 bits per heavy atom. The van der Waals surface area contributed by atoms with Crippen molar-refractivity contribution < 1.29 is 62.9 Å². The highest BCUT2D eigenvalue weighted by Gasteiger charge is 2.57. The molecule has 13 nitrogen and oxygen atoms in total. The standard InChI is InChI=1S/C45H74O13/c1-6-7-8-9-10-11-12-13-14-15-16-20-39(48)57-43-32(26-40(49)52-5)25-37-30-38(31(2)46)56-41(50)28-33(47)27-34-18-17-19-35(54-34)29-36-22-24-53-42(55-36)21-23-44(3,4)45(43,51)58-37/h21,23,26,31,33-38,42-43,46-47,51H,6-20,22,24-25,27-30H2,1-5H3/b23-21+,32-26+/t31-,33-,34+,35-,36+,37+,38?,42+,43+,45-/m1/s1. The van der Waals surface area contributed by atoms with Crippen LogP contribution in [-0.2, 0) is 47.5 Å². The number of hydrogen-bond acceptors (Lipinski definition) is 13. The predicted octanol–water partition coefficient (Wildman–Crippen LogP) is 7.06. The van der Waals surface area contributed by atoms with Gasteiger partial charge in [-0.05, 0) is 63.5 Å². The number of ether oxygens (including phenoxy) is 7. The Hall–Kier alpha value is -2.39. The minimum absolute atomic E-state index is 0.00625. The van der Waals surface area contributed by atoms with E-state index in [1.54, 1.807) is 26.0 Å². The van der Waals surface area contributed by atoms with Crippen LogP contribution in [0, 0.1) is 5.41 Å². The molecule has 6 bridgehead atoms. The third-order valence-electron chi connectivity index (χ3n) is 12.1. The Morgan fingerprint density at radius 2 is 1.53 bits per heavy atom. The highest BCUT2D eigenvalue weighted by atomic mass is 16.7. The summed E-state index contributed by atoms with van der Waals surface area (Å²) in [5.41, 5.74) is -1.05. The van der Waals surface area contributed by atoms with Gasteiger partial charge in [-0.15, -0.1) is 0 Å². The van der Waals surface area contributed by atoms with Crippen LogP contribution in [-0.4, -0.2) is 108 Å². The molecule has 1 unspecified atom stereocenters. The van der Waals surface area contributed by atoms with Gasteiger partial charge in [0.25, 0.3) is 0 Å². The molecule has 10 atom stereocenters. The number of esters is 3. The second-order valence-corrected chi connectivity index (χ2v) is 17.5. The van der Waals surface area contributed by atoms with Crippen LogP contribution in [0.4, 0.5) is 0 Å². The average molecular weight is 823 g/mol. The Labute approximate surface area is 346 Å². The number of cyclic esters (lactones) is 1. The first kappa shape index (κ1) is 48.3. The molecule has 0 saturated carbocycles. The summed E-state index contributed by atoms with van der Waals surface area (Å²) in [7, 11) is 1.23. The van der Waals surface area contributed by atoms with Crippen molar-refractivity contribution in [2.24, 2.45) is 5.41 Å². The third-order valence-corrected chi connectivity index (χ3v) is 12.1. The highest BCUT2D eigenvalue weighted by molar-refractivity contribution is 5.83. The SMILES string of the molecule is CCCCCCCCCCCCCC(=O)O[C@H]1/C(=C/C(=O)OC)C[C@H]2CC([C@@H](C)O)OC(=O)C[C@H](O)C[C@@H]3CCC[C@H](C[C@@H]4CCO[C@H](/C=C/C(C)(C)[C@]1(O)O2)O4)O3. The van der Waals surface area contributed by atoms with Crippen LogP contribution < -0.4 is 0 Å². The number of methoxy groups -OCH3 is 1. The van der Waals surface area contributed by atoms with Crippen molar-refractivity contribution in [2.45, 2.75) is 223 Å². The Balaban J connectivity index is 1.57. The molecule has 13 heteroatoms. The van der Waals surface area contributed by atoms with Gasteiger partial charge in [-0.25, -0.2) is 4.79 Å². The van der Waals surface area contributed by atoms with Gasteiger partial charge in [-0.1, -0.05) is 91.1 Å². The summed E-state index contributed by atoms with van der Waals surface area (Å²) in [5.74, 6) is -4.21. The lowest BCUT2D eigenvalue weighted by Crippen LogP contribution is -2.62. The van der Waals surface area contributed by atoms with Crippen LogP contribution in [0.1, 0.15) is 163 Å². The molecular formula is C45H74O13. The number of aliphatic hydroxyl groups is 3. The summed E-state index contributed by atoms with van der Waals surface area (Å²) in [4.78, 5) is 39.5. The van der Waals surface area contributed by atoms with Crippen LogP contribution >= 0.6 is 0 Å². The largest absolute Gasteiger partial charge is 0.466 e. The highest BCUT2D eigenvalue weighted by Crippen LogP contribution is 2.47. The lowest BCUT2D eigenvalue weighted by molar-refractivity contribution is -0.327. The molecule has 4 aliphatic rings. The molecule has 58 heavy (non-hydrogen) atoms. The number of unbranched alkanes of at least 4 members (excludes halogenated alkanes) is 10. The van der Waals surface area contributed by atoms with Crippen LogP contribution in [0.5, 0.6) is 0 Å². The molecule has 0 spiro atoms. The van der Waals surface area contributed by atoms with E-state index in [1.807, 2.05) is 0 Å². The third kappa shape index (κ3) is 15.3. The molecule has 3 saturated heterocycles. The fraction of sp³-hybridized carbons (Fsp3) is 0.844. The van der Waals surface area contributed by atoms with Gasteiger partial charge in [0, 0.05) is 30.8 Å². The molecule has 332 valence electrons. The van der Waals surface area contributed by atoms with Crippen molar-refractivity contribution in [1.29, 1.82) is 0 Å². The van der Waals surface area contributed by atoms with Crippen LogP contribution in [0.25, 0.3) is 0 Å². The molecule has 0 aromatic carbocycles. The minimum Gasteiger partial charge on any atom is -0.466 e. The summed E-state index contributed by atoms with van der Waals surface area (Å²) in [5, 5.41) is 34.5. The fourth-order valence-electron chi connectivity index (χ4n) is 8.57. The van der Waals surface area contributed by atoms with E-state index in [0.717, 1.165) is 38.5 Å². The second kappa shape index (κ2) is 24.2. The number of rotatable bonds is 15. The first-order valence-corrected chi connectivity index (χ1v) is 22.3. The molecule has 0 amide bonds. The molecule has 4 heterocycles. The van der Waals surface area contributed by atoms with Crippen molar-refractivity contribution in [3.05, 3.63) is 23.8 Å². The van der Waals surface area contributed by atoms with Crippen molar-refractivity contribution >= 4 is 17.9 Å². The normalized spacial score (nSPS) is 34.0. The molecule has 0 aliphatic carbocycles. The van der Waals surface area contributed by atoms with E-state index in [0.29, 0.717) is 25.9 Å². The number of hydrogen-bond donors (Lipinski definition) is 3. The summed E-state index contributed by atoms with van der Waals surface area (Å²) in [6.07, 6.45) is 14.1. The van der Waals surface area contributed by atoms with Crippen molar-refractivity contribution in [3.63, 3.8) is 0 Å². The first-order valence-electron chi connectivity index (χ1n) is 22.3. The van der Waals surface area contributed by atoms with Gasteiger partial charge in [0.1, 0.15) is 6.10 Å². The van der Waals surface area contributed by atoms with Gasteiger partial charge >= 0.3 is 17.9 Å². The van der Waals surface area contributed by atoms with Crippen molar-refractivity contribution in [2.75, 3.05) is 13.7 Å². The number of aliphatic hydroxyl groups excluding tert-OH is 2. The second-order valence-electron chi connectivity index (χ2n) is 17.5. The zero-order valence-electron chi connectivity index (χ0n) is 35.9. The van der Waals surface area contributed by atoms with E-state index >= 15 is 0 Å². The van der Waals surface area contributed by atoms with Gasteiger partial charge in [0.15, 0.2) is 12.4 Å². The summed E-state index contributed by atoms with van der Waals surface area (Å²) in [6.45, 7) is 7.60. The van der Waals surface area contributed by atoms with E-state index in [9.17, 15) is 29.7 Å². The Morgan fingerprint density at radius 3 is 2.19 bits per heavy atom. The minimum atomic E-state index is -2.26. The molecule has 4 rings (SSSR count).